The minimum absolute atomic E-state index is 0.0570. The zero-order valence-electron chi connectivity index (χ0n) is 16.3. The fourth-order valence-corrected chi connectivity index (χ4v) is 4.02. The van der Waals surface area contributed by atoms with E-state index in [0.717, 1.165) is 11.3 Å². The van der Waals surface area contributed by atoms with E-state index < -0.39 is 10.0 Å². The standard InChI is InChI=1S/C18H25N5O4S/c1-13-6-4-5-7-15(13)19-18(24)22(2)12-16-20-17(21-27-16)14-8-10-23(11-9-14)28(3,25)26/h4-7,14H,8-12H2,1-3H3,(H,19,24). The molecular formula is C18H25N5O4S. The molecular weight excluding hydrogens is 382 g/mol. The lowest BCUT2D eigenvalue weighted by molar-refractivity contribution is 0.213. The molecule has 2 heterocycles. The van der Waals surface area contributed by atoms with Gasteiger partial charge in [-0.1, -0.05) is 23.4 Å². The molecule has 0 spiro atoms. The highest BCUT2D eigenvalue weighted by atomic mass is 32.2. The van der Waals surface area contributed by atoms with Gasteiger partial charge in [0.15, 0.2) is 5.82 Å². The van der Waals surface area contributed by atoms with Crippen molar-refractivity contribution in [3.05, 3.63) is 41.5 Å². The van der Waals surface area contributed by atoms with Gasteiger partial charge < -0.3 is 14.7 Å². The number of nitrogens with one attached hydrogen (secondary N) is 1. The molecule has 0 radical (unpaired) electrons. The second-order valence-corrected chi connectivity index (χ2v) is 9.07. The molecule has 0 aliphatic carbocycles. The molecule has 1 aromatic carbocycles. The van der Waals surface area contributed by atoms with Crippen LogP contribution in [0, 0.1) is 6.92 Å². The third-order valence-corrected chi connectivity index (χ3v) is 6.18. The maximum atomic E-state index is 12.4. The van der Waals surface area contributed by atoms with Crippen LogP contribution in [0.15, 0.2) is 28.8 Å². The van der Waals surface area contributed by atoms with Gasteiger partial charge in [-0.05, 0) is 31.4 Å². The second kappa shape index (κ2) is 8.27. The van der Waals surface area contributed by atoms with E-state index in [1.54, 1.807) is 7.05 Å². The molecule has 1 aliphatic rings. The molecule has 1 saturated heterocycles. The monoisotopic (exact) mass is 407 g/mol. The molecule has 0 saturated carbocycles. The van der Waals surface area contributed by atoms with Crippen LogP contribution in [-0.2, 0) is 16.6 Å². The van der Waals surface area contributed by atoms with Crippen LogP contribution in [0.2, 0.25) is 0 Å². The number of urea groups is 1. The summed E-state index contributed by atoms with van der Waals surface area (Å²) in [6, 6.07) is 7.27. The number of piperidine rings is 1. The van der Waals surface area contributed by atoms with Crippen molar-refractivity contribution in [2.45, 2.75) is 32.2 Å². The van der Waals surface area contributed by atoms with Crippen molar-refractivity contribution in [3.63, 3.8) is 0 Å². The third kappa shape index (κ3) is 4.87. The Labute approximate surface area is 164 Å². The van der Waals surface area contributed by atoms with Crippen molar-refractivity contribution in [3.8, 4) is 0 Å². The molecule has 3 rings (SSSR count). The largest absolute Gasteiger partial charge is 0.337 e. The normalized spacial score (nSPS) is 16.1. The number of anilines is 1. The molecule has 0 unspecified atom stereocenters. The number of carbonyl (C=O) groups is 1. The summed E-state index contributed by atoms with van der Waals surface area (Å²) in [6.07, 6.45) is 2.52. The Hall–Kier alpha value is -2.46. The highest BCUT2D eigenvalue weighted by Crippen LogP contribution is 2.27. The van der Waals surface area contributed by atoms with Gasteiger partial charge in [-0.25, -0.2) is 17.5 Å². The number of hydrogen-bond donors (Lipinski definition) is 1. The number of aryl methyl sites for hydroxylation is 1. The summed E-state index contributed by atoms with van der Waals surface area (Å²) >= 11 is 0. The van der Waals surface area contributed by atoms with Crippen LogP contribution in [-0.4, -0.2) is 60.2 Å². The molecule has 2 amide bonds. The van der Waals surface area contributed by atoms with E-state index in [2.05, 4.69) is 15.5 Å². The van der Waals surface area contributed by atoms with E-state index in [-0.39, 0.29) is 18.5 Å². The van der Waals surface area contributed by atoms with E-state index in [9.17, 15) is 13.2 Å². The average Bonchev–Trinajstić information content (AvgIpc) is 3.11. The first-order valence-corrected chi connectivity index (χ1v) is 10.9. The number of rotatable bonds is 5. The molecule has 2 aromatic rings. The van der Waals surface area contributed by atoms with Crippen molar-refractivity contribution < 1.29 is 17.7 Å². The van der Waals surface area contributed by atoms with Gasteiger partial charge in [0.2, 0.25) is 15.9 Å². The van der Waals surface area contributed by atoms with Gasteiger partial charge in [-0.3, -0.25) is 0 Å². The molecule has 0 atom stereocenters. The number of amides is 2. The van der Waals surface area contributed by atoms with Crippen LogP contribution in [0.1, 0.15) is 36.0 Å². The van der Waals surface area contributed by atoms with Gasteiger partial charge in [0.1, 0.15) is 6.54 Å². The summed E-state index contributed by atoms with van der Waals surface area (Å²) in [6.45, 7) is 3.01. The number of hydrogen-bond acceptors (Lipinski definition) is 6. The number of aromatic nitrogens is 2. The maximum Gasteiger partial charge on any atom is 0.322 e. The van der Waals surface area contributed by atoms with E-state index >= 15 is 0 Å². The molecule has 9 nitrogen and oxygen atoms in total. The van der Waals surface area contributed by atoms with Gasteiger partial charge >= 0.3 is 6.03 Å². The number of carbonyl (C=O) groups excluding carboxylic acids is 1. The van der Waals surface area contributed by atoms with Crippen LogP contribution in [0.25, 0.3) is 0 Å². The van der Waals surface area contributed by atoms with Crippen LogP contribution >= 0.6 is 0 Å². The van der Waals surface area contributed by atoms with Crippen LogP contribution < -0.4 is 5.32 Å². The van der Waals surface area contributed by atoms with Crippen molar-refractivity contribution in [2.75, 3.05) is 31.7 Å². The fourth-order valence-electron chi connectivity index (χ4n) is 3.14. The predicted molar refractivity (Wildman–Crippen MR) is 104 cm³/mol. The lowest BCUT2D eigenvalue weighted by Crippen LogP contribution is -2.37. The maximum absolute atomic E-state index is 12.4. The summed E-state index contributed by atoms with van der Waals surface area (Å²) in [5.74, 6) is 0.973. The van der Waals surface area contributed by atoms with E-state index in [1.165, 1.54) is 15.5 Å². The quantitative estimate of drug-likeness (QED) is 0.814. The first-order valence-electron chi connectivity index (χ1n) is 9.09. The molecule has 1 aromatic heterocycles. The van der Waals surface area contributed by atoms with Gasteiger partial charge in [-0.2, -0.15) is 4.98 Å². The van der Waals surface area contributed by atoms with Gasteiger partial charge in [-0.15, -0.1) is 0 Å². The molecule has 1 N–H and O–H groups in total. The van der Waals surface area contributed by atoms with Crippen LogP contribution in [0.5, 0.6) is 0 Å². The Kier molecular flexibility index (Phi) is 5.99. The third-order valence-electron chi connectivity index (χ3n) is 4.88. The van der Waals surface area contributed by atoms with Crippen LogP contribution in [0.4, 0.5) is 10.5 Å². The lowest BCUT2D eigenvalue weighted by Gasteiger charge is -2.28. The molecule has 1 aliphatic heterocycles. The Balaban J connectivity index is 1.56. The number of para-hydroxylation sites is 1. The summed E-state index contributed by atoms with van der Waals surface area (Å²) in [5.41, 5.74) is 1.73. The van der Waals surface area contributed by atoms with Gasteiger partial charge in [0.05, 0.1) is 6.26 Å². The molecule has 152 valence electrons. The smallest absolute Gasteiger partial charge is 0.322 e. The van der Waals surface area contributed by atoms with Gasteiger partial charge in [0.25, 0.3) is 0 Å². The Morgan fingerprint density at radius 2 is 2.00 bits per heavy atom. The summed E-state index contributed by atoms with van der Waals surface area (Å²) in [4.78, 5) is 18.2. The van der Waals surface area contributed by atoms with Gasteiger partial charge in [0, 0.05) is 31.7 Å². The Bertz CT molecular complexity index is 935. The minimum atomic E-state index is -3.16. The zero-order chi connectivity index (χ0) is 20.3. The predicted octanol–water partition coefficient (Wildman–Crippen LogP) is 2.18. The number of benzene rings is 1. The van der Waals surface area contributed by atoms with E-state index in [1.807, 2.05) is 31.2 Å². The molecule has 28 heavy (non-hydrogen) atoms. The average molecular weight is 407 g/mol. The summed E-state index contributed by atoms with van der Waals surface area (Å²) in [5, 5.41) is 6.88. The SMILES string of the molecule is Cc1ccccc1NC(=O)N(C)Cc1nc(C2CCN(S(C)(=O)=O)CC2)no1. The fraction of sp³-hybridized carbons (Fsp3) is 0.500. The van der Waals surface area contributed by atoms with Crippen molar-refractivity contribution in [2.24, 2.45) is 0 Å². The highest BCUT2D eigenvalue weighted by Gasteiger charge is 2.28. The molecule has 0 bridgehead atoms. The van der Waals surface area contributed by atoms with E-state index in [4.69, 9.17) is 4.52 Å². The van der Waals surface area contributed by atoms with Crippen molar-refractivity contribution >= 4 is 21.7 Å². The molecule has 1 fully saturated rings. The van der Waals surface area contributed by atoms with E-state index in [0.29, 0.717) is 37.6 Å². The Morgan fingerprint density at radius 1 is 1.32 bits per heavy atom. The topological polar surface area (TPSA) is 109 Å². The van der Waals surface area contributed by atoms with Crippen LogP contribution in [0.3, 0.4) is 0 Å². The first-order chi connectivity index (χ1) is 13.2. The first kappa shape index (κ1) is 20.3. The highest BCUT2D eigenvalue weighted by molar-refractivity contribution is 7.88. The summed E-state index contributed by atoms with van der Waals surface area (Å²) in [7, 11) is -1.51. The summed E-state index contributed by atoms with van der Waals surface area (Å²) < 4.78 is 30.0. The zero-order valence-corrected chi connectivity index (χ0v) is 17.1. The molecule has 10 heteroatoms. The Morgan fingerprint density at radius 3 is 2.64 bits per heavy atom. The lowest BCUT2D eigenvalue weighted by atomic mass is 9.98. The van der Waals surface area contributed by atoms with Crippen molar-refractivity contribution in [1.82, 2.24) is 19.3 Å². The number of nitrogens with zero attached hydrogens (tertiary/aromatic N) is 4. The minimum Gasteiger partial charge on any atom is -0.337 e. The van der Waals surface area contributed by atoms with Crippen molar-refractivity contribution in [1.29, 1.82) is 0 Å². The number of sulfonamides is 1. The second-order valence-electron chi connectivity index (χ2n) is 7.08.